The van der Waals surface area contributed by atoms with Gasteiger partial charge in [-0.1, -0.05) is 31.2 Å². The number of fused-ring (bicyclic) bond motifs is 1. The second kappa shape index (κ2) is 5.65. The smallest absolute Gasteiger partial charge is 0.124 e. The van der Waals surface area contributed by atoms with Gasteiger partial charge in [-0.25, -0.2) is 4.98 Å². The minimum absolute atomic E-state index is 0.542. The molecule has 0 amide bonds. The third kappa shape index (κ3) is 3.81. The maximum Gasteiger partial charge on any atom is 0.124 e. The van der Waals surface area contributed by atoms with Crippen molar-refractivity contribution in [3.05, 3.63) is 29.0 Å². The Morgan fingerprint density at radius 1 is 1.32 bits per heavy atom. The van der Waals surface area contributed by atoms with Crippen molar-refractivity contribution in [2.24, 2.45) is 0 Å². The zero-order valence-electron chi connectivity index (χ0n) is 12.0. The van der Waals surface area contributed by atoms with Crippen molar-refractivity contribution < 1.29 is 4.74 Å². The van der Waals surface area contributed by atoms with Crippen LogP contribution in [0.3, 0.4) is 0 Å². The Morgan fingerprint density at radius 2 is 2.05 bits per heavy atom. The second-order valence-corrected chi connectivity index (χ2v) is 12.2. The monoisotopic (exact) mass is 296 g/mol. The average molecular weight is 297 g/mol. The fourth-order valence-corrected chi connectivity index (χ4v) is 2.74. The van der Waals surface area contributed by atoms with Gasteiger partial charge in [0.2, 0.25) is 0 Å². The van der Waals surface area contributed by atoms with Crippen molar-refractivity contribution >= 4 is 30.7 Å². The van der Waals surface area contributed by atoms with E-state index in [2.05, 4.69) is 24.6 Å². The molecule has 0 N–H and O–H groups in total. The predicted molar refractivity (Wildman–Crippen MR) is 83.6 cm³/mol. The van der Waals surface area contributed by atoms with E-state index in [0.717, 1.165) is 28.2 Å². The van der Waals surface area contributed by atoms with E-state index < -0.39 is 8.07 Å². The molecule has 3 nitrogen and oxygen atoms in total. The normalized spacial score (nSPS) is 12.3. The largest absolute Gasteiger partial charge is 0.361 e. The van der Waals surface area contributed by atoms with Crippen LogP contribution in [0.5, 0.6) is 0 Å². The molecule has 0 spiro atoms. The van der Waals surface area contributed by atoms with Crippen molar-refractivity contribution in [2.45, 2.75) is 39.3 Å². The van der Waals surface area contributed by atoms with Crippen molar-refractivity contribution in [1.29, 1.82) is 0 Å². The lowest BCUT2D eigenvalue weighted by Crippen LogP contribution is -2.21. The predicted octanol–water partition coefficient (Wildman–Crippen LogP) is 4.31. The molecule has 0 saturated heterocycles. The van der Waals surface area contributed by atoms with Crippen molar-refractivity contribution in [1.82, 2.24) is 9.55 Å². The van der Waals surface area contributed by atoms with Crippen LogP contribution in [0.4, 0.5) is 0 Å². The maximum absolute atomic E-state index is 6.16. The highest BCUT2D eigenvalue weighted by Crippen LogP contribution is 2.22. The minimum Gasteiger partial charge on any atom is -0.361 e. The van der Waals surface area contributed by atoms with Crippen LogP contribution in [0.25, 0.3) is 11.0 Å². The standard InChI is InChI=1S/C14H21ClN2OSi/c1-11-7-13-14(8-12(11)15)17(9-16-13)10-18-5-6-19(2,3)4/h7-9H,5-6,10H2,1-4H3. The lowest BCUT2D eigenvalue weighted by Gasteiger charge is -2.15. The summed E-state index contributed by atoms with van der Waals surface area (Å²) in [5.41, 5.74) is 3.05. The van der Waals surface area contributed by atoms with E-state index in [-0.39, 0.29) is 0 Å². The van der Waals surface area contributed by atoms with E-state index in [9.17, 15) is 0 Å². The highest BCUT2D eigenvalue weighted by atomic mass is 35.5. The highest BCUT2D eigenvalue weighted by molar-refractivity contribution is 6.76. The SMILES string of the molecule is Cc1cc2ncn(COCC[Si](C)(C)C)c2cc1Cl. The van der Waals surface area contributed by atoms with Gasteiger partial charge in [-0.2, -0.15) is 0 Å². The first-order valence-corrected chi connectivity index (χ1v) is 10.6. The summed E-state index contributed by atoms with van der Waals surface area (Å²) in [5.74, 6) is 0. The second-order valence-electron chi connectivity index (χ2n) is 6.15. The summed E-state index contributed by atoms with van der Waals surface area (Å²) < 4.78 is 7.75. The summed E-state index contributed by atoms with van der Waals surface area (Å²) in [6, 6.07) is 5.15. The average Bonchev–Trinajstić information content (AvgIpc) is 2.67. The molecule has 104 valence electrons. The van der Waals surface area contributed by atoms with Crippen LogP contribution >= 0.6 is 11.6 Å². The number of hydrogen-bond donors (Lipinski definition) is 0. The zero-order chi connectivity index (χ0) is 14.0. The molecule has 0 aliphatic heterocycles. The van der Waals surface area contributed by atoms with Gasteiger partial charge in [0.15, 0.2) is 0 Å². The van der Waals surface area contributed by atoms with Gasteiger partial charge in [0.05, 0.1) is 17.4 Å². The third-order valence-electron chi connectivity index (χ3n) is 3.13. The van der Waals surface area contributed by atoms with Crippen LogP contribution in [-0.2, 0) is 11.5 Å². The first-order chi connectivity index (χ1) is 8.87. The van der Waals surface area contributed by atoms with Crippen LogP contribution in [-0.4, -0.2) is 24.2 Å². The minimum atomic E-state index is -1.02. The van der Waals surface area contributed by atoms with Crippen molar-refractivity contribution in [3.63, 3.8) is 0 Å². The first kappa shape index (κ1) is 14.6. The summed E-state index contributed by atoms with van der Waals surface area (Å²) in [6.45, 7) is 10.4. The molecule has 0 radical (unpaired) electrons. The molecule has 5 heteroatoms. The van der Waals surface area contributed by atoms with E-state index in [1.807, 2.05) is 30.0 Å². The Morgan fingerprint density at radius 3 is 2.74 bits per heavy atom. The fourth-order valence-electron chi connectivity index (χ4n) is 1.83. The molecule has 19 heavy (non-hydrogen) atoms. The molecular formula is C14H21ClN2OSi. The molecule has 0 aliphatic rings. The van der Waals surface area contributed by atoms with Gasteiger partial charge < -0.3 is 9.30 Å². The van der Waals surface area contributed by atoms with Crippen LogP contribution in [0, 0.1) is 6.92 Å². The quantitative estimate of drug-likeness (QED) is 0.607. The van der Waals surface area contributed by atoms with Crippen molar-refractivity contribution in [2.75, 3.05) is 6.61 Å². The van der Waals surface area contributed by atoms with Gasteiger partial charge in [-0.15, -0.1) is 0 Å². The van der Waals surface area contributed by atoms with Gasteiger partial charge in [0, 0.05) is 19.7 Å². The number of ether oxygens (including phenoxy) is 1. The summed E-state index contributed by atoms with van der Waals surface area (Å²) >= 11 is 6.16. The lowest BCUT2D eigenvalue weighted by atomic mass is 10.2. The topological polar surface area (TPSA) is 27.1 Å². The molecule has 1 heterocycles. The molecule has 2 aromatic rings. The lowest BCUT2D eigenvalue weighted by molar-refractivity contribution is 0.0898. The third-order valence-corrected chi connectivity index (χ3v) is 5.24. The molecule has 0 aliphatic carbocycles. The summed E-state index contributed by atoms with van der Waals surface area (Å²) in [4.78, 5) is 4.38. The molecule has 0 bridgehead atoms. The maximum atomic E-state index is 6.16. The molecule has 0 unspecified atom stereocenters. The van der Waals surface area contributed by atoms with Crippen LogP contribution in [0.15, 0.2) is 18.5 Å². The summed E-state index contributed by atoms with van der Waals surface area (Å²) in [6.07, 6.45) is 1.81. The van der Waals surface area contributed by atoms with Crippen LogP contribution < -0.4 is 0 Å². The molecule has 2 rings (SSSR count). The van der Waals surface area contributed by atoms with E-state index >= 15 is 0 Å². The molecular weight excluding hydrogens is 276 g/mol. The van der Waals surface area contributed by atoms with Crippen LogP contribution in [0.1, 0.15) is 5.56 Å². The highest BCUT2D eigenvalue weighted by Gasteiger charge is 2.12. The van der Waals surface area contributed by atoms with Crippen molar-refractivity contribution in [3.8, 4) is 0 Å². The Bertz CT molecular complexity index is 575. The van der Waals surface area contributed by atoms with Gasteiger partial charge in [0.1, 0.15) is 6.73 Å². The van der Waals surface area contributed by atoms with Gasteiger partial charge in [-0.3, -0.25) is 0 Å². The number of aryl methyl sites for hydroxylation is 1. The zero-order valence-corrected chi connectivity index (χ0v) is 13.8. The summed E-state index contributed by atoms with van der Waals surface area (Å²) in [7, 11) is -1.02. The van der Waals surface area contributed by atoms with Gasteiger partial charge in [-0.05, 0) is 30.7 Å². The Labute approximate surface area is 120 Å². The van der Waals surface area contributed by atoms with E-state index in [1.54, 1.807) is 0 Å². The summed E-state index contributed by atoms with van der Waals surface area (Å²) in [5, 5.41) is 0.774. The van der Waals surface area contributed by atoms with E-state index in [4.69, 9.17) is 16.3 Å². The van der Waals surface area contributed by atoms with E-state index in [1.165, 1.54) is 6.04 Å². The first-order valence-electron chi connectivity index (χ1n) is 6.55. The number of rotatable bonds is 5. The molecule has 0 fully saturated rings. The number of hydrogen-bond acceptors (Lipinski definition) is 2. The Hall–Kier alpha value is -0.843. The molecule has 1 aromatic heterocycles. The Kier molecular flexibility index (Phi) is 4.33. The Balaban J connectivity index is 2.03. The number of imidazole rings is 1. The number of benzene rings is 1. The van der Waals surface area contributed by atoms with E-state index in [0.29, 0.717) is 6.73 Å². The fraction of sp³-hybridized carbons (Fsp3) is 0.500. The molecule has 0 atom stereocenters. The number of nitrogens with zero attached hydrogens (tertiary/aromatic N) is 2. The van der Waals surface area contributed by atoms with Gasteiger partial charge in [0.25, 0.3) is 0 Å². The van der Waals surface area contributed by atoms with Crippen LogP contribution in [0.2, 0.25) is 30.7 Å². The molecule has 0 saturated carbocycles. The molecule has 1 aromatic carbocycles. The number of aromatic nitrogens is 2. The van der Waals surface area contributed by atoms with Gasteiger partial charge >= 0.3 is 0 Å². The number of halogens is 1.